The lowest BCUT2D eigenvalue weighted by Gasteiger charge is -2.08. The minimum Gasteiger partial charge on any atom is -0.505 e. The van der Waals surface area contributed by atoms with Crippen molar-refractivity contribution in [1.29, 1.82) is 0 Å². The molecule has 0 atom stereocenters. The van der Waals surface area contributed by atoms with Crippen LogP contribution < -0.4 is 4.74 Å². The average Bonchev–Trinajstić information content (AvgIpc) is 2.99. The Labute approximate surface area is 164 Å². The first kappa shape index (κ1) is 18.4. The van der Waals surface area contributed by atoms with Gasteiger partial charge in [-0.05, 0) is 49.0 Å². The van der Waals surface area contributed by atoms with Crippen LogP contribution in [0.5, 0.6) is 11.5 Å². The maximum atomic E-state index is 9.64. The number of para-hydroxylation sites is 1. The summed E-state index contributed by atoms with van der Waals surface area (Å²) in [5.74, 6) is 1.01. The standard InChI is InChI=1S/C17H14Cl2N4O2S/c1-2-25-14-6-4-3-5-11(14)16-21-22-17(26)23(16)20-9-10-7-12(18)15(24)13(19)8-10/h3-9,24H,2H2,1H3,(H,22,26)/b20-9-. The van der Waals surface area contributed by atoms with Gasteiger partial charge in [0.05, 0.1) is 28.4 Å². The molecule has 0 aliphatic carbocycles. The lowest BCUT2D eigenvalue weighted by atomic mass is 10.2. The molecule has 3 rings (SSSR count). The second-order valence-corrected chi connectivity index (χ2v) is 6.37. The summed E-state index contributed by atoms with van der Waals surface area (Å²) >= 11 is 17.1. The summed E-state index contributed by atoms with van der Waals surface area (Å²) in [5.41, 5.74) is 1.35. The van der Waals surface area contributed by atoms with Crippen molar-refractivity contribution in [2.24, 2.45) is 5.10 Å². The topological polar surface area (TPSA) is 75.4 Å². The Morgan fingerprint density at radius 3 is 2.69 bits per heavy atom. The smallest absolute Gasteiger partial charge is 0.216 e. The number of aromatic nitrogens is 3. The molecule has 1 aromatic heterocycles. The number of phenolic OH excluding ortho intramolecular Hbond substituents is 1. The van der Waals surface area contributed by atoms with E-state index in [1.54, 1.807) is 12.1 Å². The monoisotopic (exact) mass is 408 g/mol. The highest BCUT2D eigenvalue weighted by Gasteiger charge is 2.13. The van der Waals surface area contributed by atoms with Crippen molar-refractivity contribution in [2.75, 3.05) is 6.61 Å². The fourth-order valence-corrected chi connectivity index (χ4v) is 2.97. The first-order chi connectivity index (χ1) is 12.5. The van der Waals surface area contributed by atoms with Crippen molar-refractivity contribution < 1.29 is 9.84 Å². The summed E-state index contributed by atoms with van der Waals surface area (Å²) in [6.45, 7) is 2.43. The van der Waals surface area contributed by atoms with Crippen LogP contribution in [0.4, 0.5) is 0 Å². The van der Waals surface area contributed by atoms with Crippen LogP contribution in [0.2, 0.25) is 10.0 Å². The molecule has 0 bridgehead atoms. The van der Waals surface area contributed by atoms with Crippen molar-refractivity contribution in [3.63, 3.8) is 0 Å². The normalized spacial score (nSPS) is 11.2. The summed E-state index contributed by atoms with van der Waals surface area (Å²) in [4.78, 5) is 0. The van der Waals surface area contributed by atoms with Gasteiger partial charge in [-0.25, -0.2) is 5.10 Å². The molecule has 0 radical (unpaired) electrons. The van der Waals surface area contributed by atoms with Gasteiger partial charge in [-0.2, -0.15) is 14.9 Å². The van der Waals surface area contributed by atoms with Gasteiger partial charge in [0.2, 0.25) is 4.77 Å². The first-order valence-electron chi connectivity index (χ1n) is 7.63. The summed E-state index contributed by atoms with van der Waals surface area (Å²) in [7, 11) is 0. The molecule has 0 fully saturated rings. The largest absolute Gasteiger partial charge is 0.505 e. The molecule has 0 saturated heterocycles. The number of phenols is 1. The number of hydrogen-bond acceptors (Lipinski definition) is 5. The van der Waals surface area contributed by atoms with Crippen LogP contribution in [0.15, 0.2) is 41.5 Å². The molecule has 0 aliphatic rings. The zero-order chi connectivity index (χ0) is 18.7. The minimum absolute atomic E-state index is 0.136. The van der Waals surface area contributed by atoms with E-state index in [2.05, 4.69) is 15.3 Å². The van der Waals surface area contributed by atoms with Crippen LogP contribution in [-0.2, 0) is 0 Å². The molecule has 2 aromatic carbocycles. The fourth-order valence-electron chi connectivity index (χ4n) is 2.29. The molecule has 6 nitrogen and oxygen atoms in total. The van der Waals surface area contributed by atoms with Crippen molar-refractivity contribution >= 4 is 41.6 Å². The van der Waals surface area contributed by atoms with Gasteiger partial charge >= 0.3 is 0 Å². The van der Waals surface area contributed by atoms with E-state index in [0.717, 1.165) is 5.56 Å². The van der Waals surface area contributed by atoms with E-state index in [9.17, 15) is 5.11 Å². The highest BCUT2D eigenvalue weighted by atomic mass is 35.5. The van der Waals surface area contributed by atoms with Gasteiger partial charge in [0.1, 0.15) is 5.75 Å². The molecule has 0 saturated carbocycles. The SMILES string of the molecule is CCOc1ccccc1-c1n[nH]c(=S)n1/N=C\c1cc(Cl)c(O)c(Cl)c1. The predicted molar refractivity (Wildman–Crippen MR) is 105 cm³/mol. The van der Waals surface area contributed by atoms with E-state index < -0.39 is 0 Å². The molecule has 2 N–H and O–H groups in total. The van der Waals surface area contributed by atoms with Gasteiger partial charge < -0.3 is 9.84 Å². The van der Waals surface area contributed by atoms with E-state index in [0.29, 0.717) is 28.5 Å². The fraction of sp³-hybridized carbons (Fsp3) is 0.118. The van der Waals surface area contributed by atoms with E-state index in [-0.39, 0.29) is 15.8 Å². The number of benzene rings is 2. The van der Waals surface area contributed by atoms with E-state index in [1.807, 2.05) is 31.2 Å². The predicted octanol–water partition coefficient (Wildman–Crippen LogP) is 4.90. The van der Waals surface area contributed by atoms with Gasteiger partial charge in [-0.1, -0.05) is 35.3 Å². The molecule has 0 unspecified atom stereocenters. The second-order valence-electron chi connectivity index (χ2n) is 5.17. The van der Waals surface area contributed by atoms with Gasteiger partial charge in [-0.15, -0.1) is 0 Å². The molecule has 9 heteroatoms. The minimum atomic E-state index is -0.170. The molecule has 1 heterocycles. The summed E-state index contributed by atoms with van der Waals surface area (Å²) < 4.78 is 7.44. The average molecular weight is 409 g/mol. The zero-order valence-corrected chi connectivity index (χ0v) is 15.9. The quantitative estimate of drug-likeness (QED) is 0.464. The molecule has 0 spiro atoms. The number of aromatic hydroxyl groups is 1. The Balaban J connectivity index is 2.03. The third-order valence-corrected chi connectivity index (χ3v) is 4.28. The third kappa shape index (κ3) is 3.75. The van der Waals surface area contributed by atoms with E-state index >= 15 is 0 Å². The van der Waals surface area contributed by atoms with Gasteiger partial charge in [0.25, 0.3) is 0 Å². The number of rotatable bonds is 5. The molecular weight excluding hydrogens is 395 g/mol. The lowest BCUT2D eigenvalue weighted by Crippen LogP contribution is -1.99. The summed E-state index contributed by atoms with van der Waals surface area (Å²) in [5, 5.41) is 21.3. The maximum Gasteiger partial charge on any atom is 0.216 e. The van der Waals surface area contributed by atoms with Crippen LogP contribution >= 0.6 is 35.4 Å². The van der Waals surface area contributed by atoms with Crippen LogP contribution in [0, 0.1) is 4.77 Å². The van der Waals surface area contributed by atoms with Crippen molar-refractivity contribution in [3.05, 3.63) is 56.8 Å². The van der Waals surface area contributed by atoms with Gasteiger partial charge in [-0.3, -0.25) is 0 Å². The molecule has 134 valence electrons. The number of nitrogens with one attached hydrogen (secondary N) is 1. The highest BCUT2D eigenvalue weighted by Crippen LogP contribution is 2.32. The van der Waals surface area contributed by atoms with Crippen LogP contribution in [0.25, 0.3) is 11.4 Å². The molecular formula is C17H14Cl2N4O2S. The molecule has 3 aromatic rings. The van der Waals surface area contributed by atoms with Crippen molar-refractivity contribution in [2.45, 2.75) is 6.92 Å². The van der Waals surface area contributed by atoms with Crippen molar-refractivity contribution in [3.8, 4) is 22.9 Å². The molecule has 0 amide bonds. The van der Waals surface area contributed by atoms with Gasteiger partial charge in [0.15, 0.2) is 11.6 Å². The highest BCUT2D eigenvalue weighted by molar-refractivity contribution is 7.71. The zero-order valence-electron chi connectivity index (χ0n) is 13.6. The Morgan fingerprint density at radius 2 is 2.00 bits per heavy atom. The van der Waals surface area contributed by atoms with E-state index in [4.69, 9.17) is 40.2 Å². The van der Waals surface area contributed by atoms with Crippen LogP contribution in [0.1, 0.15) is 12.5 Å². The van der Waals surface area contributed by atoms with Crippen LogP contribution in [0.3, 0.4) is 0 Å². The Bertz CT molecular complexity index is 1010. The number of H-pyrrole nitrogens is 1. The van der Waals surface area contributed by atoms with E-state index in [1.165, 1.54) is 10.9 Å². The Kier molecular flexibility index (Phi) is 5.61. The number of nitrogens with zero attached hydrogens (tertiary/aromatic N) is 3. The molecule has 26 heavy (non-hydrogen) atoms. The first-order valence-corrected chi connectivity index (χ1v) is 8.79. The molecule has 0 aliphatic heterocycles. The third-order valence-electron chi connectivity index (χ3n) is 3.44. The number of aromatic amines is 1. The van der Waals surface area contributed by atoms with Gasteiger partial charge in [0, 0.05) is 0 Å². The number of halogens is 2. The van der Waals surface area contributed by atoms with Crippen LogP contribution in [-0.4, -0.2) is 32.8 Å². The number of ether oxygens (including phenoxy) is 1. The second kappa shape index (κ2) is 7.90. The summed E-state index contributed by atoms with van der Waals surface area (Å²) in [6.07, 6.45) is 1.52. The van der Waals surface area contributed by atoms with Crippen molar-refractivity contribution in [1.82, 2.24) is 14.9 Å². The summed E-state index contributed by atoms with van der Waals surface area (Å²) in [6, 6.07) is 10.6. The maximum absolute atomic E-state index is 9.64. The lowest BCUT2D eigenvalue weighted by molar-refractivity contribution is 0.341. The Morgan fingerprint density at radius 1 is 1.31 bits per heavy atom. The Hall–Kier alpha value is -2.35. The number of hydrogen-bond donors (Lipinski definition) is 2.